The number of halogens is 1. The number of aliphatic hydroxyl groups is 1. The molecular weight excluding hydrogens is 418 g/mol. The summed E-state index contributed by atoms with van der Waals surface area (Å²) >= 11 is 3.43. The van der Waals surface area contributed by atoms with Gasteiger partial charge < -0.3 is 9.84 Å². The standard InChI is InChI=1S/C23H18BrNO3/c1-28-19-13-7-15(8-14-19)20-21(16-5-3-2-4-6-16)25(23(27)22(20)26)18-11-9-17(24)10-12-18/h2-14,21,26H,1H3/t21-/m1/s1. The van der Waals surface area contributed by atoms with Crippen LogP contribution in [0.5, 0.6) is 5.75 Å². The lowest BCUT2D eigenvalue weighted by Crippen LogP contribution is -2.30. The molecule has 0 aromatic heterocycles. The maximum absolute atomic E-state index is 13.1. The first-order valence-electron chi connectivity index (χ1n) is 8.82. The molecule has 0 aliphatic carbocycles. The summed E-state index contributed by atoms with van der Waals surface area (Å²) in [4.78, 5) is 14.7. The van der Waals surface area contributed by atoms with Gasteiger partial charge in [-0.3, -0.25) is 9.69 Å². The topological polar surface area (TPSA) is 49.8 Å². The van der Waals surface area contributed by atoms with Gasteiger partial charge >= 0.3 is 0 Å². The van der Waals surface area contributed by atoms with Crippen LogP contribution in [0.1, 0.15) is 17.2 Å². The Morgan fingerprint density at radius 2 is 1.57 bits per heavy atom. The van der Waals surface area contributed by atoms with E-state index in [1.54, 1.807) is 12.0 Å². The summed E-state index contributed by atoms with van der Waals surface area (Å²) in [5, 5.41) is 10.8. The fourth-order valence-electron chi connectivity index (χ4n) is 3.49. The minimum Gasteiger partial charge on any atom is -0.503 e. The Labute approximate surface area is 171 Å². The van der Waals surface area contributed by atoms with Crippen LogP contribution in [0.3, 0.4) is 0 Å². The highest BCUT2D eigenvalue weighted by molar-refractivity contribution is 9.10. The number of rotatable bonds is 4. The third-order valence-electron chi connectivity index (χ3n) is 4.83. The van der Waals surface area contributed by atoms with Gasteiger partial charge in [-0.1, -0.05) is 58.4 Å². The summed E-state index contributed by atoms with van der Waals surface area (Å²) in [7, 11) is 1.60. The summed E-state index contributed by atoms with van der Waals surface area (Å²) < 4.78 is 6.16. The zero-order valence-electron chi connectivity index (χ0n) is 15.2. The quantitative estimate of drug-likeness (QED) is 0.587. The highest BCUT2D eigenvalue weighted by Gasteiger charge is 2.41. The summed E-state index contributed by atoms with van der Waals surface area (Å²) in [6, 6.07) is 24.2. The Kier molecular flexibility index (Phi) is 4.92. The smallest absolute Gasteiger partial charge is 0.294 e. The molecule has 0 saturated carbocycles. The number of aliphatic hydroxyl groups excluding tert-OH is 1. The monoisotopic (exact) mass is 435 g/mol. The largest absolute Gasteiger partial charge is 0.503 e. The SMILES string of the molecule is COc1ccc(C2=C(O)C(=O)N(c3ccc(Br)cc3)[C@@H]2c2ccccc2)cc1. The third kappa shape index (κ3) is 3.18. The Balaban J connectivity index is 1.87. The van der Waals surface area contributed by atoms with E-state index in [0.717, 1.165) is 21.3 Å². The molecule has 0 unspecified atom stereocenters. The van der Waals surface area contributed by atoms with Crippen molar-refractivity contribution in [2.24, 2.45) is 0 Å². The van der Waals surface area contributed by atoms with E-state index in [1.165, 1.54) is 0 Å². The van der Waals surface area contributed by atoms with E-state index in [-0.39, 0.29) is 5.76 Å². The van der Waals surface area contributed by atoms with Crippen molar-refractivity contribution >= 4 is 33.1 Å². The molecule has 0 saturated heterocycles. The molecule has 1 atom stereocenters. The highest BCUT2D eigenvalue weighted by atomic mass is 79.9. The minimum absolute atomic E-state index is 0.234. The predicted molar refractivity (Wildman–Crippen MR) is 113 cm³/mol. The van der Waals surface area contributed by atoms with Gasteiger partial charge in [-0.25, -0.2) is 0 Å². The molecule has 1 heterocycles. The molecule has 1 aliphatic rings. The number of carbonyl (C=O) groups excluding carboxylic acids is 1. The van der Waals surface area contributed by atoms with Gasteiger partial charge in [0, 0.05) is 15.7 Å². The second-order valence-corrected chi connectivity index (χ2v) is 7.37. The first-order chi connectivity index (χ1) is 13.6. The van der Waals surface area contributed by atoms with Crippen molar-refractivity contribution in [2.45, 2.75) is 6.04 Å². The number of carbonyl (C=O) groups is 1. The second-order valence-electron chi connectivity index (χ2n) is 6.46. The highest BCUT2D eigenvalue weighted by Crippen LogP contribution is 2.45. The van der Waals surface area contributed by atoms with Crippen LogP contribution >= 0.6 is 15.9 Å². The van der Waals surface area contributed by atoms with Crippen LogP contribution in [0.15, 0.2) is 89.1 Å². The average molecular weight is 436 g/mol. The third-order valence-corrected chi connectivity index (χ3v) is 5.36. The molecule has 0 spiro atoms. The number of ether oxygens (including phenoxy) is 1. The van der Waals surface area contributed by atoms with Crippen molar-refractivity contribution in [3.05, 3.63) is 100 Å². The molecule has 3 aromatic carbocycles. The van der Waals surface area contributed by atoms with Crippen LogP contribution in [0, 0.1) is 0 Å². The first-order valence-corrected chi connectivity index (χ1v) is 9.61. The lowest BCUT2D eigenvalue weighted by molar-refractivity contribution is -0.117. The molecular formula is C23H18BrNO3. The molecule has 1 amide bonds. The van der Waals surface area contributed by atoms with E-state index in [0.29, 0.717) is 11.3 Å². The molecule has 5 heteroatoms. The predicted octanol–water partition coefficient (Wildman–Crippen LogP) is 5.51. The molecule has 28 heavy (non-hydrogen) atoms. The van der Waals surface area contributed by atoms with Crippen LogP contribution in [-0.4, -0.2) is 18.1 Å². The van der Waals surface area contributed by atoms with Crippen molar-refractivity contribution in [1.29, 1.82) is 0 Å². The average Bonchev–Trinajstić information content (AvgIpc) is 3.00. The van der Waals surface area contributed by atoms with Crippen LogP contribution in [0.2, 0.25) is 0 Å². The lowest BCUT2D eigenvalue weighted by Gasteiger charge is -2.27. The maximum atomic E-state index is 13.1. The summed E-state index contributed by atoms with van der Waals surface area (Å²) in [6.07, 6.45) is 0. The maximum Gasteiger partial charge on any atom is 0.294 e. The van der Waals surface area contributed by atoms with Crippen molar-refractivity contribution in [3.8, 4) is 5.75 Å². The van der Waals surface area contributed by atoms with Crippen molar-refractivity contribution in [3.63, 3.8) is 0 Å². The molecule has 1 aliphatic heterocycles. The summed E-state index contributed by atoms with van der Waals surface area (Å²) in [5.41, 5.74) is 3.01. The molecule has 4 nitrogen and oxygen atoms in total. The van der Waals surface area contributed by atoms with E-state index in [9.17, 15) is 9.90 Å². The fraction of sp³-hybridized carbons (Fsp3) is 0.0870. The number of nitrogens with zero attached hydrogens (tertiary/aromatic N) is 1. The van der Waals surface area contributed by atoms with Gasteiger partial charge in [-0.15, -0.1) is 0 Å². The van der Waals surface area contributed by atoms with Crippen LogP contribution in [0.25, 0.3) is 5.57 Å². The second kappa shape index (κ2) is 7.52. The van der Waals surface area contributed by atoms with Gasteiger partial charge in [0.15, 0.2) is 5.76 Å². The number of hydrogen-bond acceptors (Lipinski definition) is 3. The Bertz CT molecular complexity index is 1030. The minimum atomic E-state index is -0.428. The van der Waals surface area contributed by atoms with Gasteiger partial charge in [0.05, 0.1) is 13.2 Å². The Morgan fingerprint density at radius 1 is 0.929 bits per heavy atom. The molecule has 4 rings (SSSR count). The van der Waals surface area contributed by atoms with Crippen LogP contribution in [-0.2, 0) is 4.79 Å². The van der Waals surface area contributed by atoms with Gasteiger partial charge in [-0.05, 0) is 47.5 Å². The van der Waals surface area contributed by atoms with Crippen molar-refractivity contribution in [1.82, 2.24) is 0 Å². The van der Waals surface area contributed by atoms with Crippen molar-refractivity contribution in [2.75, 3.05) is 12.0 Å². The zero-order chi connectivity index (χ0) is 19.7. The number of amides is 1. The molecule has 140 valence electrons. The van der Waals surface area contributed by atoms with Crippen LogP contribution < -0.4 is 9.64 Å². The van der Waals surface area contributed by atoms with E-state index in [4.69, 9.17) is 4.74 Å². The molecule has 0 fully saturated rings. The Morgan fingerprint density at radius 3 is 2.18 bits per heavy atom. The van der Waals surface area contributed by atoms with Gasteiger partial charge in [0.1, 0.15) is 5.75 Å². The summed E-state index contributed by atoms with van der Waals surface area (Å²) in [5.74, 6) is 0.0677. The number of anilines is 1. The number of methoxy groups -OCH3 is 1. The van der Waals surface area contributed by atoms with Gasteiger partial charge in [0.2, 0.25) is 0 Å². The Hall–Kier alpha value is -3.05. The zero-order valence-corrected chi connectivity index (χ0v) is 16.8. The lowest BCUT2D eigenvalue weighted by atomic mass is 9.93. The fourth-order valence-corrected chi connectivity index (χ4v) is 3.75. The molecule has 0 radical (unpaired) electrons. The van der Waals surface area contributed by atoms with E-state index >= 15 is 0 Å². The molecule has 0 bridgehead atoms. The van der Waals surface area contributed by atoms with E-state index in [2.05, 4.69) is 15.9 Å². The summed E-state index contributed by atoms with van der Waals surface area (Å²) in [6.45, 7) is 0. The number of hydrogen-bond donors (Lipinski definition) is 1. The van der Waals surface area contributed by atoms with Crippen molar-refractivity contribution < 1.29 is 14.6 Å². The van der Waals surface area contributed by atoms with Crippen LogP contribution in [0.4, 0.5) is 5.69 Å². The van der Waals surface area contributed by atoms with Gasteiger partial charge in [0.25, 0.3) is 5.91 Å². The van der Waals surface area contributed by atoms with E-state index in [1.807, 2.05) is 78.9 Å². The number of benzene rings is 3. The normalized spacial score (nSPS) is 16.6. The molecule has 3 aromatic rings. The first kappa shape index (κ1) is 18.3. The van der Waals surface area contributed by atoms with E-state index < -0.39 is 11.9 Å². The van der Waals surface area contributed by atoms with Gasteiger partial charge in [-0.2, -0.15) is 0 Å². The molecule has 1 N–H and O–H groups in total.